The van der Waals surface area contributed by atoms with Crippen molar-refractivity contribution in [2.24, 2.45) is 11.7 Å². The van der Waals surface area contributed by atoms with Gasteiger partial charge in [-0.05, 0) is 25.2 Å². The van der Waals surface area contributed by atoms with Crippen molar-refractivity contribution in [3.05, 3.63) is 16.9 Å². The quantitative estimate of drug-likeness (QED) is 0.793. The predicted octanol–water partition coefficient (Wildman–Crippen LogP) is 2.26. The molecule has 5 heteroatoms. The molecule has 1 aliphatic rings. The number of carbonyl (C=O) groups is 1. The zero-order chi connectivity index (χ0) is 12.4. The lowest BCUT2D eigenvalue weighted by Crippen LogP contribution is -2.27. The molecule has 1 heterocycles. The molecule has 2 rings (SSSR count). The number of ketones is 1. The molecule has 0 radical (unpaired) electrons. The smallest absolute Gasteiger partial charge is 0.183 e. The Bertz CT molecular complexity index is 412. The minimum absolute atomic E-state index is 0.0142. The van der Waals surface area contributed by atoms with E-state index in [0.29, 0.717) is 29.6 Å². The molecular formula is C12H18ClN3O. The maximum absolute atomic E-state index is 12.1. The first kappa shape index (κ1) is 12.6. The summed E-state index contributed by atoms with van der Waals surface area (Å²) in [5.74, 6) is 0.542. The fourth-order valence-electron chi connectivity index (χ4n) is 2.02. The minimum Gasteiger partial charge on any atom is -0.327 e. The van der Waals surface area contributed by atoms with Crippen LogP contribution in [-0.4, -0.2) is 21.6 Å². The number of nitrogens with zero attached hydrogens (tertiary/aromatic N) is 2. The normalized spacial score (nSPS) is 17.1. The summed E-state index contributed by atoms with van der Waals surface area (Å²) in [5, 5.41) is 4.55. The summed E-state index contributed by atoms with van der Waals surface area (Å²) in [6, 6.07) is -0.0245. The number of halogens is 1. The summed E-state index contributed by atoms with van der Waals surface area (Å²) < 4.78 is 1.68. The Hall–Kier alpha value is -0.870. The average Bonchev–Trinajstić information content (AvgIpc) is 3.05. The molecule has 1 saturated carbocycles. The van der Waals surface area contributed by atoms with Crippen molar-refractivity contribution in [1.82, 2.24) is 9.78 Å². The van der Waals surface area contributed by atoms with Crippen LogP contribution in [0.15, 0.2) is 6.20 Å². The van der Waals surface area contributed by atoms with Crippen LogP contribution in [-0.2, 0) is 6.54 Å². The SMILES string of the molecule is CCCn1ncc(Cl)c1C(=O)CC(N)C1CC1. The van der Waals surface area contributed by atoms with Crippen LogP contribution in [0, 0.1) is 5.92 Å². The van der Waals surface area contributed by atoms with Crippen LogP contribution in [0.4, 0.5) is 0 Å². The van der Waals surface area contributed by atoms with Gasteiger partial charge < -0.3 is 5.73 Å². The van der Waals surface area contributed by atoms with Gasteiger partial charge in [0.25, 0.3) is 0 Å². The van der Waals surface area contributed by atoms with Gasteiger partial charge in [-0.3, -0.25) is 9.48 Å². The lowest BCUT2D eigenvalue weighted by Gasteiger charge is -2.10. The molecule has 17 heavy (non-hydrogen) atoms. The molecule has 0 spiro atoms. The third kappa shape index (κ3) is 2.87. The lowest BCUT2D eigenvalue weighted by molar-refractivity contribution is 0.0961. The molecule has 0 aliphatic heterocycles. The third-order valence-corrected chi connectivity index (χ3v) is 3.42. The van der Waals surface area contributed by atoms with Crippen molar-refractivity contribution < 1.29 is 4.79 Å². The molecule has 1 aliphatic carbocycles. The molecule has 1 fully saturated rings. The second-order valence-corrected chi connectivity index (χ2v) is 5.10. The summed E-state index contributed by atoms with van der Waals surface area (Å²) in [7, 11) is 0. The number of rotatable bonds is 6. The number of carbonyl (C=O) groups excluding carboxylic acids is 1. The predicted molar refractivity (Wildman–Crippen MR) is 67.2 cm³/mol. The van der Waals surface area contributed by atoms with Crippen molar-refractivity contribution in [2.45, 2.75) is 45.2 Å². The van der Waals surface area contributed by atoms with Crippen molar-refractivity contribution in [2.75, 3.05) is 0 Å². The zero-order valence-electron chi connectivity index (χ0n) is 10.0. The van der Waals surface area contributed by atoms with E-state index in [0.717, 1.165) is 19.3 Å². The van der Waals surface area contributed by atoms with E-state index in [1.807, 2.05) is 6.92 Å². The standard InChI is InChI=1S/C12H18ClN3O/c1-2-5-16-12(9(13)7-15-16)11(17)6-10(14)8-3-4-8/h7-8,10H,2-6,14H2,1H3. The van der Waals surface area contributed by atoms with Crippen molar-refractivity contribution in [1.29, 1.82) is 0 Å². The number of nitrogens with two attached hydrogens (primary N) is 1. The second-order valence-electron chi connectivity index (χ2n) is 4.69. The van der Waals surface area contributed by atoms with Gasteiger partial charge in [0.1, 0.15) is 5.69 Å². The van der Waals surface area contributed by atoms with Crippen molar-refractivity contribution in [3.8, 4) is 0 Å². The first-order chi connectivity index (χ1) is 8.13. The molecular weight excluding hydrogens is 238 g/mol. The topological polar surface area (TPSA) is 60.9 Å². The summed E-state index contributed by atoms with van der Waals surface area (Å²) in [5.41, 5.74) is 6.48. The summed E-state index contributed by atoms with van der Waals surface area (Å²) in [6.45, 7) is 2.76. The van der Waals surface area contributed by atoms with E-state index < -0.39 is 0 Å². The molecule has 1 unspecified atom stereocenters. The van der Waals surface area contributed by atoms with Crippen molar-refractivity contribution in [3.63, 3.8) is 0 Å². The van der Waals surface area contributed by atoms with Crippen LogP contribution in [0.2, 0.25) is 5.02 Å². The number of Topliss-reactive ketones (excluding diaryl/α,β-unsaturated/α-hetero) is 1. The zero-order valence-corrected chi connectivity index (χ0v) is 10.8. The highest BCUT2D eigenvalue weighted by molar-refractivity contribution is 6.33. The highest BCUT2D eigenvalue weighted by atomic mass is 35.5. The van der Waals surface area contributed by atoms with Gasteiger partial charge >= 0.3 is 0 Å². The molecule has 2 N–H and O–H groups in total. The Labute approximate surface area is 106 Å². The van der Waals surface area contributed by atoms with Crippen molar-refractivity contribution >= 4 is 17.4 Å². The van der Waals surface area contributed by atoms with Crippen LogP contribution in [0.1, 0.15) is 43.1 Å². The van der Waals surface area contributed by atoms with Crippen LogP contribution in [0.25, 0.3) is 0 Å². The molecule has 94 valence electrons. The van der Waals surface area contributed by atoms with Crippen LogP contribution in [0.3, 0.4) is 0 Å². The number of aryl methyl sites for hydroxylation is 1. The van der Waals surface area contributed by atoms with Gasteiger partial charge in [0, 0.05) is 19.0 Å². The van der Waals surface area contributed by atoms with E-state index in [1.54, 1.807) is 4.68 Å². The highest BCUT2D eigenvalue weighted by Gasteiger charge is 2.31. The van der Waals surface area contributed by atoms with Gasteiger partial charge in [-0.25, -0.2) is 0 Å². The first-order valence-electron chi connectivity index (χ1n) is 6.13. The fourth-order valence-corrected chi connectivity index (χ4v) is 2.27. The van der Waals surface area contributed by atoms with Crippen LogP contribution in [0.5, 0.6) is 0 Å². The monoisotopic (exact) mass is 255 g/mol. The van der Waals surface area contributed by atoms with Gasteiger partial charge in [-0.2, -0.15) is 5.10 Å². The highest BCUT2D eigenvalue weighted by Crippen LogP contribution is 2.33. The maximum Gasteiger partial charge on any atom is 0.183 e. The first-order valence-corrected chi connectivity index (χ1v) is 6.51. The molecule has 1 atom stereocenters. The van der Waals surface area contributed by atoms with E-state index in [-0.39, 0.29) is 11.8 Å². The van der Waals surface area contributed by atoms with Crippen LogP contribution < -0.4 is 5.73 Å². The molecule has 0 bridgehead atoms. The number of hydrogen-bond acceptors (Lipinski definition) is 3. The van der Waals surface area contributed by atoms with E-state index in [4.69, 9.17) is 17.3 Å². The Morgan fingerprint density at radius 1 is 1.71 bits per heavy atom. The molecule has 4 nitrogen and oxygen atoms in total. The number of hydrogen-bond donors (Lipinski definition) is 1. The Kier molecular flexibility index (Phi) is 3.84. The van der Waals surface area contributed by atoms with Gasteiger partial charge in [0.15, 0.2) is 5.78 Å². The van der Waals surface area contributed by atoms with Gasteiger partial charge in [-0.15, -0.1) is 0 Å². The molecule has 1 aromatic rings. The van der Waals surface area contributed by atoms with Crippen LogP contribution >= 0.6 is 11.6 Å². The Morgan fingerprint density at radius 2 is 2.41 bits per heavy atom. The van der Waals surface area contributed by atoms with E-state index >= 15 is 0 Å². The maximum atomic E-state index is 12.1. The second kappa shape index (κ2) is 5.19. The third-order valence-electron chi connectivity index (χ3n) is 3.14. The Morgan fingerprint density at radius 3 is 3.00 bits per heavy atom. The van der Waals surface area contributed by atoms with Gasteiger partial charge in [-0.1, -0.05) is 18.5 Å². The molecule has 0 saturated heterocycles. The minimum atomic E-state index is -0.0245. The fraction of sp³-hybridized carbons (Fsp3) is 0.667. The molecule has 0 aromatic carbocycles. The Balaban J connectivity index is 2.08. The van der Waals surface area contributed by atoms with Gasteiger partial charge in [0.2, 0.25) is 0 Å². The lowest BCUT2D eigenvalue weighted by atomic mass is 10.1. The average molecular weight is 256 g/mol. The summed E-state index contributed by atoms with van der Waals surface area (Å²) in [4.78, 5) is 12.1. The molecule has 0 amide bonds. The largest absolute Gasteiger partial charge is 0.327 e. The van der Waals surface area contributed by atoms with Gasteiger partial charge in [0.05, 0.1) is 11.2 Å². The number of aromatic nitrogens is 2. The molecule has 1 aromatic heterocycles. The summed E-state index contributed by atoms with van der Waals surface area (Å²) >= 11 is 6.01. The van der Waals surface area contributed by atoms with E-state index in [9.17, 15) is 4.79 Å². The van der Waals surface area contributed by atoms with E-state index in [2.05, 4.69) is 5.10 Å². The summed E-state index contributed by atoms with van der Waals surface area (Å²) in [6.07, 6.45) is 5.13. The van der Waals surface area contributed by atoms with E-state index in [1.165, 1.54) is 6.20 Å².